The largest absolute Gasteiger partial charge is 0.405 e. The monoisotopic (exact) mass is 330 g/mol. The molecule has 2 amide bonds. The lowest BCUT2D eigenvalue weighted by Crippen LogP contribution is -2.36. The van der Waals surface area contributed by atoms with Crippen molar-refractivity contribution in [1.29, 1.82) is 0 Å². The van der Waals surface area contributed by atoms with E-state index in [1.54, 1.807) is 17.4 Å². The van der Waals surface area contributed by atoms with Crippen LogP contribution in [0.3, 0.4) is 0 Å². The van der Waals surface area contributed by atoms with Crippen molar-refractivity contribution in [3.05, 3.63) is 27.7 Å². The van der Waals surface area contributed by atoms with Crippen LogP contribution < -0.4 is 10.6 Å². The maximum Gasteiger partial charge on any atom is 0.405 e. The van der Waals surface area contributed by atoms with Crippen LogP contribution in [0.2, 0.25) is 5.02 Å². The lowest BCUT2D eigenvalue weighted by molar-refractivity contribution is -0.122. The Morgan fingerprint density at radius 1 is 1.41 bits per heavy atom. The van der Waals surface area contributed by atoms with E-state index in [0.717, 1.165) is 0 Å². The summed E-state index contributed by atoms with van der Waals surface area (Å²) in [6.45, 7) is -1.39. The minimum atomic E-state index is -4.44. The molecule has 0 aliphatic carbocycles. The zero-order chi connectivity index (χ0) is 13.1. The number of carbonyl (C=O) groups is 1. The number of nitrogens with one attached hydrogen (secondary N) is 2. The molecule has 0 heterocycles. The number of anilines is 1. The van der Waals surface area contributed by atoms with Crippen LogP contribution in [0.25, 0.3) is 0 Å². The number of halogens is 5. The minimum absolute atomic E-state index is 0.289. The van der Waals surface area contributed by atoms with Gasteiger partial charge in [-0.25, -0.2) is 4.79 Å². The van der Waals surface area contributed by atoms with Crippen molar-refractivity contribution >= 4 is 39.2 Å². The zero-order valence-corrected chi connectivity index (χ0v) is 10.6. The molecule has 0 bridgehead atoms. The van der Waals surface area contributed by atoms with Gasteiger partial charge >= 0.3 is 12.2 Å². The van der Waals surface area contributed by atoms with E-state index in [2.05, 4.69) is 21.2 Å². The first-order valence-corrected chi connectivity index (χ1v) is 5.52. The van der Waals surface area contributed by atoms with E-state index >= 15 is 0 Å². The molecule has 17 heavy (non-hydrogen) atoms. The van der Waals surface area contributed by atoms with Crippen LogP contribution >= 0.6 is 27.5 Å². The van der Waals surface area contributed by atoms with Crippen LogP contribution in [0, 0.1) is 0 Å². The summed E-state index contributed by atoms with van der Waals surface area (Å²) in [5, 5.41) is 4.28. The van der Waals surface area contributed by atoms with Gasteiger partial charge in [0.15, 0.2) is 0 Å². The zero-order valence-electron chi connectivity index (χ0n) is 8.24. The number of urea groups is 1. The summed E-state index contributed by atoms with van der Waals surface area (Å²) in [6, 6.07) is 3.61. The Labute approximate surface area is 108 Å². The van der Waals surface area contributed by atoms with Crippen molar-refractivity contribution in [2.24, 2.45) is 0 Å². The van der Waals surface area contributed by atoms with E-state index in [-0.39, 0.29) is 5.69 Å². The van der Waals surface area contributed by atoms with Gasteiger partial charge in [-0.1, -0.05) is 11.6 Å². The van der Waals surface area contributed by atoms with Crippen LogP contribution in [-0.4, -0.2) is 18.8 Å². The second kappa shape index (κ2) is 5.59. The molecule has 0 aliphatic rings. The summed E-state index contributed by atoms with van der Waals surface area (Å²) in [6.07, 6.45) is -4.44. The van der Waals surface area contributed by atoms with Gasteiger partial charge in [-0.05, 0) is 34.1 Å². The van der Waals surface area contributed by atoms with Crippen LogP contribution in [0.4, 0.5) is 23.7 Å². The molecule has 0 radical (unpaired) electrons. The molecular formula is C9H7BrClF3N2O. The molecule has 8 heteroatoms. The average Bonchev–Trinajstić information content (AvgIpc) is 2.20. The summed E-state index contributed by atoms with van der Waals surface area (Å²) in [4.78, 5) is 11.1. The summed E-state index contributed by atoms with van der Waals surface area (Å²) in [7, 11) is 0. The first-order valence-electron chi connectivity index (χ1n) is 4.34. The molecule has 0 unspecified atom stereocenters. The molecule has 0 saturated carbocycles. The molecule has 1 rings (SSSR count). The summed E-state index contributed by atoms with van der Waals surface area (Å²) in [5.41, 5.74) is 0.289. The first kappa shape index (κ1) is 14.1. The normalized spacial score (nSPS) is 11.1. The molecule has 0 saturated heterocycles. The quantitative estimate of drug-likeness (QED) is 0.850. The van der Waals surface area contributed by atoms with Crippen molar-refractivity contribution < 1.29 is 18.0 Å². The molecule has 0 spiro atoms. The second-order valence-electron chi connectivity index (χ2n) is 3.05. The molecule has 0 atom stereocenters. The first-order chi connectivity index (χ1) is 7.78. The third-order valence-electron chi connectivity index (χ3n) is 1.63. The van der Waals surface area contributed by atoms with E-state index < -0.39 is 18.8 Å². The van der Waals surface area contributed by atoms with Gasteiger partial charge in [-0.15, -0.1) is 0 Å². The molecule has 1 aromatic rings. The highest BCUT2D eigenvalue weighted by atomic mass is 79.9. The highest BCUT2D eigenvalue weighted by Crippen LogP contribution is 2.25. The van der Waals surface area contributed by atoms with Crippen LogP contribution in [0.1, 0.15) is 0 Å². The number of hydrogen-bond donors (Lipinski definition) is 2. The van der Waals surface area contributed by atoms with Crippen LogP contribution in [0.15, 0.2) is 22.7 Å². The van der Waals surface area contributed by atoms with Gasteiger partial charge in [0.05, 0.1) is 5.69 Å². The van der Waals surface area contributed by atoms with Gasteiger partial charge in [0, 0.05) is 9.50 Å². The van der Waals surface area contributed by atoms with Crippen LogP contribution in [0.5, 0.6) is 0 Å². The van der Waals surface area contributed by atoms with Gasteiger partial charge in [0.2, 0.25) is 0 Å². The molecule has 94 valence electrons. The maximum absolute atomic E-state index is 11.8. The predicted molar refractivity (Wildman–Crippen MR) is 62.2 cm³/mol. The molecule has 1 aromatic carbocycles. The summed E-state index contributed by atoms with van der Waals surface area (Å²) >= 11 is 8.80. The molecule has 0 fully saturated rings. The fraction of sp³-hybridized carbons (Fsp3) is 0.222. The van der Waals surface area contributed by atoms with Crippen LogP contribution in [-0.2, 0) is 0 Å². The molecule has 0 aliphatic heterocycles. The highest BCUT2D eigenvalue weighted by molar-refractivity contribution is 9.10. The maximum atomic E-state index is 11.8. The average molecular weight is 332 g/mol. The molecule has 2 N–H and O–H groups in total. The van der Waals surface area contributed by atoms with Crippen molar-refractivity contribution in [1.82, 2.24) is 5.32 Å². The van der Waals surface area contributed by atoms with Crippen molar-refractivity contribution in [3.8, 4) is 0 Å². The van der Waals surface area contributed by atoms with E-state index in [1.165, 1.54) is 6.07 Å². The SMILES string of the molecule is O=C(NCC(F)(F)F)Nc1cc(Cl)ccc1Br. The molecular weight excluding hydrogens is 324 g/mol. The van der Waals surface area contributed by atoms with Crippen molar-refractivity contribution in [2.75, 3.05) is 11.9 Å². The van der Waals surface area contributed by atoms with Gasteiger partial charge in [-0.2, -0.15) is 13.2 Å². The number of carbonyl (C=O) groups excluding carboxylic acids is 1. The molecule has 0 aromatic heterocycles. The van der Waals surface area contributed by atoms with E-state index in [9.17, 15) is 18.0 Å². The summed E-state index contributed by atoms with van der Waals surface area (Å²) in [5.74, 6) is 0. The smallest absolute Gasteiger partial charge is 0.329 e. The topological polar surface area (TPSA) is 41.1 Å². The Morgan fingerprint density at radius 3 is 2.65 bits per heavy atom. The van der Waals surface area contributed by atoms with Gasteiger partial charge in [0.1, 0.15) is 6.54 Å². The van der Waals surface area contributed by atoms with Gasteiger partial charge in [-0.3, -0.25) is 0 Å². The fourth-order valence-corrected chi connectivity index (χ4v) is 1.46. The van der Waals surface area contributed by atoms with E-state index in [4.69, 9.17) is 11.6 Å². The standard InChI is InChI=1S/C9H7BrClF3N2O/c10-6-2-1-5(11)3-7(6)16-8(17)15-4-9(12,13)14/h1-3H,4H2,(H2,15,16,17). The number of hydrogen-bond acceptors (Lipinski definition) is 1. The van der Waals surface area contributed by atoms with Gasteiger partial charge < -0.3 is 10.6 Å². The minimum Gasteiger partial charge on any atom is -0.329 e. The second-order valence-corrected chi connectivity index (χ2v) is 4.34. The highest BCUT2D eigenvalue weighted by Gasteiger charge is 2.27. The summed E-state index contributed by atoms with van der Waals surface area (Å²) < 4.78 is 36.0. The Balaban J connectivity index is 2.59. The third-order valence-corrected chi connectivity index (χ3v) is 2.55. The van der Waals surface area contributed by atoms with Crippen molar-refractivity contribution in [3.63, 3.8) is 0 Å². The fourth-order valence-electron chi connectivity index (χ4n) is 0.940. The van der Waals surface area contributed by atoms with Crippen molar-refractivity contribution in [2.45, 2.75) is 6.18 Å². The Morgan fingerprint density at radius 2 is 2.06 bits per heavy atom. The lowest BCUT2D eigenvalue weighted by Gasteiger charge is -2.11. The van der Waals surface area contributed by atoms with Gasteiger partial charge in [0.25, 0.3) is 0 Å². The number of rotatable bonds is 2. The lowest BCUT2D eigenvalue weighted by atomic mass is 10.3. The third kappa shape index (κ3) is 5.27. The van der Waals surface area contributed by atoms with E-state index in [1.807, 2.05) is 0 Å². The predicted octanol–water partition coefficient (Wildman–Crippen LogP) is 3.79. The van der Waals surface area contributed by atoms with E-state index in [0.29, 0.717) is 9.50 Å². The number of alkyl halides is 3. The molecule has 3 nitrogen and oxygen atoms in total. The Bertz CT molecular complexity index is 425. The Kier molecular flexibility index (Phi) is 4.64. The Hall–Kier alpha value is -0.950. The number of benzene rings is 1. The number of amides is 2.